The molecule has 2 N–H and O–H groups in total. The number of halogens is 1. The zero-order chi connectivity index (χ0) is 18.8. The summed E-state index contributed by atoms with van der Waals surface area (Å²) in [7, 11) is 0. The summed E-state index contributed by atoms with van der Waals surface area (Å²) in [5.74, 6) is 0.641. The van der Waals surface area contributed by atoms with E-state index < -0.39 is 0 Å². The molecule has 6 nitrogen and oxygen atoms in total. The van der Waals surface area contributed by atoms with Gasteiger partial charge in [-0.3, -0.25) is 4.79 Å². The maximum Gasteiger partial charge on any atom is 0.221 e. The fourth-order valence-corrected chi connectivity index (χ4v) is 3.01. The van der Waals surface area contributed by atoms with Crippen LogP contribution in [-0.4, -0.2) is 20.5 Å². The molecule has 0 aliphatic carbocycles. The molecule has 2 aromatic carbocycles. The second kappa shape index (κ2) is 7.09. The topological polar surface area (TPSA) is 71.3 Å². The van der Waals surface area contributed by atoms with Gasteiger partial charge in [-0.2, -0.15) is 9.61 Å². The molecule has 0 radical (unpaired) electrons. The van der Waals surface area contributed by atoms with Gasteiger partial charge in [0.15, 0.2) is 5.65 Å². The van der Waals surface area contributed by atoms with Gasteiger partial charge < -0.3 is 10.6 Å². The van der Waals surface area contributed by atoms with Crippen LogP contribution in [0.3, 0.4) is 0 Å². The summed E-state index contributed by atoms with van der Waals surface area (Å²) in [6.45, 7) is 1.48. The molecule has 0 atom stereocenters. The standard InChI is InChI=1S/C20H16ClN5O/c1-13(27)23-16-6-2-4-14(10-16)18-12-20(26-19(25-18)8-9-22-26)24-17-7-3-5-15(21)11-17/h2-12,24H,1H3,(H,23,27). The van der Waals surface area contributed by atoms with Crippen molar-refractivity contribution in [2.75, 3.05) is 10.6 Å². The van der Waals surface area contributed by atoms with Crippen molar-refractivity contribution in [3.05, 3.63) is 71.9 Å². The molecule has 27 heavy (non-hydrogen) atoms. The summed E-state index contributed by atoms with van der Waals surface area (Å²) in [5, 5.41) is 11.1. The van der Waals surface area contributed by atoms with Crippen LogP contribution in [0.4, 0.5) is 17.2 Å². The third-order valence-electron chi connectivity index (χ3n) is 3.94. The molecule has 0 spiro atoms. The van der Waals surface area contributed by atoms with Crippen LogP contribution in [0.15, 0.2) is 66.9 Å². The molecule has 0 aliphatic heterocycles. The average Bonchev–Trinajstić information content (AvgIpc) is 3.10. The number of fused-ring (bicyclic) bond motifs is 1. The summed E-state index contributed by atoms with van der Waals surface area (Å²) in [5.41, 5.74) is 3.93. The van der Waals surface area contributed by atoms with E-state index >= 15 is 0 Å². The van der Waals surface area contributed by atoms with E-state index in [-0.39, 0.29) is 5.91 Å². The predicted molar refractivity (Wildman–Crippen MR) is 107 cm³/mol. The second-order valence-corrected chi connectivity index (χ2v) is 6.46. The van der Waals surface area contributed by atoms with Crippen molar-refractivity contribution in [2.24, 2.45) is 0 Å². The Labute approximate surface area is 160 Å². The van der Waals surface area contributed by atoms with Crippen LogP contribution in [0, 0.1) is 0 Å². The average molecular weight is 378 g/mol. The summed E-state index contributed by atoms with van der Waals surface area (Å²) in [6.07, 6.45) is 1.70. The van der Waals surface area contributed by atoms with Gasteiger partial charge in [-0.25, -0.2) is 4.98 Å². The van der Waals surface area contributed by atoms with Crippen LogP contribution < -0.4 is 10.6 Å². The number of nitrogens with zero attached hydrogens (tertiary/aromatic N) is 3. The van der Waals surface area contributed by atoms with Gasteiger partial charge in [-0.15, -0.1) is 0 Å². The summed E-state index contributed by atoms with van der Waals surface area (Å²) in [4.78, 5) is 16.0. The fraction of sp³-hybridized carbons (Fsp3) is 0.0500. The van der Waals surface area contributed by atoms with Crippen LogP contribution in [0.5, 0.6) is 0 Å². The van der Waals surface area contributed by atoms with Gasteiger partial charge in [0.05, 0.1) is 11.9 Å². The molecule has 0 unspecified atom stereocenters. The van der Waals surface area contributed by atoms with Crippen molar-refractivity contribution >= 4 is 40.3 Å². The normalized spacial score (nSPS) is 10.7. The van der Waals surface area contributed by atoms with E-state index in [1.165, 1.54) is 6.92 Å². The number of nitrogens with one attached hydrogen (secondary N) is 2. The molecule has 134 valence electrons. The first kappa shape index (κ1) is 17.1. The maximum atomic E-state index is 11.3. The van der Waals surface area contributed by atoms with Crippen molar-refractivity contribution in [1.29, 1.82) is 0 Å². The number of hydrogen-bond donors (Lipinski definition) is 2. The highest BCUT2D eigenvalue weighted by Crippen LogP contribution is 2.27. The quantitative estimate of drug-likeness (QED) is 0.538. The Morgan fingerprint density at radius 3 is 2.67 bits per heavy atom. The van der Waals surface area contributed by atoms with Crippen LogP contribution in [0.2, 0.25) is 5.02 Å². The minimum atomic E-state index is -0.116. The van der Waals surface area contributed by atoms with Gasteiger partial charge in [0.1, 0.15) is 5.82 Å². The van der Waals surface area contributed by atoms with E-state index in [4.69, 9.17) is 11.6 Å². The Morgan fingerprint density at radius 2 is 1.85 bits per heavy atom. The van der Waals surface area contributed by atoms with Crippen molar-refractivity contribution in [3.8, 4) is 11.3 Å². The molecule has 0 aliphatic rings. The smallest absolute Gasteiger partial charge is 0.221 e. The first-order valence-electron chi connectivity index (χ1n) is 8.34. The lowest BCUT2D eigenvalue weighted by Crippen LogP contribution is -2.06. The van der Waals surface area contributed by atoms with Crippen molar-refractivity contribution < 1.29 is 4.79 Å². The van der Waals surface area contributed by atoms with E-state index in [0.29, 0.717) is 10.7 Å². The van der Waals surface area contributed by atoms with Crippen molar-refractivity contribution in [3.63, 3.8) is 0 Å². The molecule has 4 aromatic rings. The molecule has 0 saturated heterocycles. The lowest BCUT2D eigenvalue weighted by molar-refractivity contribution is -0.114. The Hall–Kier alpha value is -3.38. The van der Waals surface area contributed by atoms with Gasteiger partial charge in [-0.1, -0.05) is 29.8 Å². The number of amides is 1. The third kappa shape index (κ3) is 3.75. The highest BCUT2D eigenvalue weighted by Gasteiger charge is 2.10. The molecular weight excluding hydrogens is 362 g/mol. The second-order valence-electron chi connectivity index (χ2n) is 6.03. The van der Waals surface area contributed by atoms with Gasteiger partial charge in [-0.05, 0) is 30.3 Å². The minimum Gasteiger partial charge on any atom is -0.340 e. The summed E-state index contributed by atoms with van der Waals surface area (Å²) in [6, 6.07) is 18.8. The Kier molecular flexibility index (Phi) is 4.48. The monoisotopic (exact) mass is 377 g/mol. The molecule has 4 rings (SSSR count). The first-order chi connectivity index (χ1) is 13.1. The van der Waals surface area contributed by atoms with E-state index in [0.717, 1.165) is 28.5 Å². The zero-order valence-corrected chi connectivity index (χ0v) is 15.2. The number of rotatable bonds is 4. The lowest BCUT2D eigenvalue weighted by Gasteiger charge is -2.12. The largest absolute Gasteiger partial charge is 0.340 e. The molecule has 0 saturated carbocycles. The van der Waals surface area contributed by atoms with Crippen LogP contribution >= 0.6 is 11.6 Å². The number of anilines is 3. The number of benzene rings is 2. The Balaban J connectivity index is 1.77. The van der Waals surface area contributed by atoms with Crippen LogP contribution in [0.1, 0.15) is 6.92 Å². The number of carbonyl (C=O) groups is 1. The molecule has 1 amide bonds. The molecular formula is C20H16ClN5O. The highest BCUT2D eigenvalue weighted by atomic mass is 35.5. The van der Waals surface area contributed by atoms with E-state index in [2.05, 4.69) is 20.7 Å². The summed E-state index contributed by atoms with van der Waals surface area (Å²) < 4.78 is 1.72. The number of carbonyl (C=O) groups excluding carboxylic acids is 1. The van der Waals surface area contributed by atoms with Gasteiger partial charge >= 0.3 is 0 Å². The Morgan fingerprint density at radius 1 is 1.04 bits per heavy atom. The number of hydrogen-bond acceptors (Lipinski definition) is 4. The van der Waals surface area contributed by atoms with Crippen LogP contribution in [0.25, 0.3) is 16.9 Å². The molecule has 7 heteroatoms. The van der Waals surface area contributed by atoms with Gasteiger partial charge in [0, 0.05) is 41.0 Å². The predicted octanol–water partition coefficient (Wildman–Crippen LogP) is 4.75. The molecule has 2 heterocycles. The minimum absolute atomic E-state index is 0.116. The van der Waals surface area contributed by atoms with Crippen molar-refractivity contribution in [1.82, 2.24) is 14.6 Å². The summed E-state index contributed by atoms with van der Waals surface area (Å²) >= 11 is 6.09. The molecule has 0 bridgehead atoms. The Bertz CT molecular complexity index is 1140. The molecule has 0 fully saturated rings. The van der Waals surface area contributed by atoms with E-state index in [1.54, 1.807) is 10.7 Å². The fourth-order valence-electron chi connectivity index (χ4n) is 2.82. The lowest BCUT2D eigenvalue weighted by atomic mass is 10.1. The molecule has 2 aromatic heterocycles. The van der Waals surface area contributed by atoms with Crippen LogP contribution in [-0.2, 0) is 4.79 Å². The zero-order valence-electron chi connectivity index (χ0n) is 14.5. The van der Waals surface area contributed by atoms with Gasteiger partial charge in [0.25, 0.3) is 0 Å². The van der Waals surface area contributed by atoms with Gasteiger partial charge in [0.2, 0.25) is 5.91 Å². The van der Waals surface area contributed by atoms with E-state index in [9.17, 15) is 4.79 Å². The maximum absolute atomic E-state index is 11.3. The van der Waals surface area contributed by atoms with E-state index in [1.807, 2.05) is 60.7 Å². The highest BCUT2D eigenvalue weighted by molar-refractivity contribution is 6.30. The SMILES string of the molecule is CC(=O)Nc1cccc(-c2cc(Nc3cccc(Cl)c3)n3nccc3n2)c1. The van der Waals surface area contributed by atoms with Crippen molar-refractivity contribution in [2.45, 2.75) is 6.92 Å². The first-order valence-corrected chi connectivity index (χ1v) is 8.72. The number of aromatic nitrogens is 3. The third-order valence-corrected chi connectivity index (χ3v) is 4.17.